The number of nitrogens with one attached hydrogen (secondary N) is 1. The van der Waals surface area contributed by atoms with E-state index in [1.54, 1.807) is 18.1 Å². The lowest BCUT2D eigenvalue weighted by atomic mass is 10.2. The van der Waals surface area contributed by atoms with Gasteiger partial charge in [-0.25, -0.2) is 4.98 Å². The Hall–Kier alpha value is -2.37. The second-order valence-corrected chi connectivity index (χ2v) is 4.00. The molecule has 2 rings (SSSR count). The number of benzene rings is 1. The van der Waals surface area contributed by atoms with Crippen molar-refractivity contribution in [3.05, 3.63) is 42.5 Å². The third-order valence-electron chi connectivity index (χ3n) is 2.70. The molecule has 1 amide bonds. The van der Waals surface area contributed by atoms with Crippen LogP contribution in [0.1, 0.15) is 12.0 Å². The van der Waals surface area contributed by atoms with Gasteiger partial charge in [-0.2, -0.15) is 5.10 Å². The topological polar surface area (TPSA) is 69.0 Å². The molecule has 19 heavy (non-hydrogen) atoms. The Morgan fingerprint density at radius 3 is 3.00 bits per heavy atom. The Kier molecular flexibility index (Phi) is 4.49. The fourth-order valence-corrected chi connectivity index (χ4v) is 1.70. The highest BCUT2D eigenvalue weighted by Crippen LogP contribution is 2.16. The summed E-state index contributed by atoms with van der Waals surface area (Å²) >= 11 is 0. The molecule has 0 aliphatic rings. The molecule has 6 heteroatoms. The number of amides is 1. The first-order valence-corrected chi connectivity index (χ1v) is 6.00. The number of para-hydroxylation sites is 1. The molecule has 0 saturated heterocycles. The molecule has 0 unspecified atom stereocenters. The predicted octanol–water partition coefficient (Wildman–Crippen LogP) is 0.993. The Morgan fingerprint density at radius 1 is 1.42 bits per heavy atom. The van der Waals surface area contributed by atoms with Crippen LogP contribution in [0.4, 0.5) is 0 Å². The summed E-state index contributed by atoms with van der Waals surface area (Å²) in [6.45, 7) is 0.984. The zero-order chi connectivity index (χ0) is 13.5. The molecule has 1 heterocycles. The summed E-state index contributed by atoms with van der Waals surface area (Å²) in [4.78, 5) is 15.5. The predicted molar refractivity (Wildman–Crippen MR) is 69.5 cm³/mol. The smallest absolute Gasteiger partial charge is 0.222 e. The minimum absolute atomic E-state index is 0.0265. The van der Waals surface area contributed by atoms with Crippen LogP contribution in [0.25, 0.3) is 0 Å². The van der Waals surface area contributed by atoms with Gasteiger partial charge in [0.25, 0.3) is 0 Å². The second-order valence-electron chi connectivity index (χ2n) is 4.00. The maximum Gasteiger partial charge on any atom is 0.222 e. The number of hydrogen-bond acceptors (Lipinski definition) is 4. The van der Waals surface area contributed by atoms with Gasteiger partial charge >= 0.3 is 0 Å². The minimum atomic E-state index is -0.0265. The van der Waals surface area contributed by atoms with E-state index in [4.69, 9.17) is 4.74 Å². The molecule has 0 aliphatic heterocycles. The van der Waals surface area contributed by atoms with Crippen LogP contribution in [-0.2, 0) is 17.9 Å². The molecule has 0 radical (unpaired) electrons. The second kappa shape index (κ2) is 6.53. The monoisotopic (exact) mass is 260 g/mol. The van der Waals surface area contributed by atoms with Gasteiger partial charge in [0.1, 0.15) is 18.4 Å². The maximum atomic E-state index is 11.7. The van der Waals surface area contributed by atoms with E-state index in [-0.39, 0.29) is 5.91 Å². The van der Waals surface area contributed by atoms with Crippen molar-refractivity contribution in [3.8, 4) is 5.75 Å². The Morgan fingerprint density at radius 2 is 2.26 bits per heavy atom. The highest BCUT2D eigenvalue weighted by Gasteiger charge is 2.05. The highest BCUT2D eigenvalue weighted by molar-refractivity contribution is 5.75. The molecule has 0 spiro atoms. The Balaban J connectivity index is 1.80. The van der Waals surface area contributed by atoms with Crippen LogP contribution in [0.15, 0.2) is 36.9 Å². The summed E-state index contributed by atoms with van der Waals surface area (Å²) in [5.74, 6) is 0.750. The highest BCUT2D eigenvalue weighted by atomic mass is 16.5. The number of methoxy groups -OCH3 is 1. The van der Waals surface area contributed by atoms with Gasteiger partial charge in [0, 0.05) is 18.5 Å². The summed E-state index contributed by atoms with van der Waals surface area (Å²) in [6, 6.07) is 7.61. The van der Waals surface area contributed by atoms with E-state index >= 15 is 0 Å². The van der Waals surface area contributed by atoms with Crippen LogP contribution in [0.3, 0.4) is 0 Å². The third-order valence-corrected chi connectivity index (χ3v) is 2.70. The zero-order valence-electron chi connectivity index (χ0n) is 10.7. The number of aryl methyl sites for hydroxylation is 1. The van der Waals surface area contributed by atoms with Crippen LogP contribution >= 0.6 is 0 Å². The van der Waals surface area contributed by atoms with Crippen molar-refractivity contribution in [1.29, 1.82) is 0 Å². The lowest BCUT2D eigenvalue weighted by Gasteiger charge is -2.09. The maximum absolute atomic E-state index is 11.7. The number of hydrogen-bond donors (Lipinski definition) is 1. The van der Waals surface area contributed by atoms with Gasteiger partial charge in [-0.15, -0.1) is 0 Å². The largest absolute Gasteiger partial charge is 0.496 e. The SMILES string of the molecule is COc1ccccc1CNC(=O)CCn1cncn1. The van der Waals surface area contributed by atoms with Crippen molar-refractivity contribution in [2.45, 2.75) is 19.5 Å². The van der Waals surface area contributed by atoms with Crippen LogP contribution in [0.2, 0.25) is 0 Å². The molecule has 0 aliphatic carbocycles. The lowest BCUT2D eigenvalue weighted by molar-refractivity contribution is -0.121. The first-order chi connectivity index (χ1) is 9.29. The zero-order valence-corrected chi connectivity index (χ0v) is 10.7. The number of aromatic nitrogens is 3. The molecule has 0 bridgehead atoms. The molecule has 6 nitrogen and oxygen atoms in total. The molecule has 2 aromatic rings. The number of ether oxygens (including phenoxy) is 1. The minimum Gasteiger partial charge on any atom is -0.496 e. The van der Waals surface area contributed by atoms with E-state index in [0.29, 0.717) is 19.5 Å². The van der Waals surface area contributed by atoms with Crippen LogP contribution in [0, 0.1) is 0 Å². The molecule has 100 valence electrons. The van der Waals surface area contributed by atoms with Gasteiger partial charge in [-0.3, -0.25) is 9.48 Å². The molecule has 0 fully saturated rings. The van der Waals surface area contributed by atoms with E-state index in [2.05, 4.69) is 15.4 Å². The fraction of sp³-hybridized carbons (Fsp3) is 0.308. The van der Waals surface area contributed by atoms with Gasteiger partial charge in [-0.1, -0.05) is 18.2 Å². The Labute approximate surface area is 111 Å². The van der Waals surface area contributed by atoms with Crippen molar-refractivity contribution >= 4 is 5.91 Å². The van der Waals surface area contributed by atoms with Gasteiger partial charge in [0.15, 0.2) is 0 Å². The van der Waals surface area contributed by atoms with Crippen molar-refractivity contribution in [2.24, 2.45) is 0 Å². The van der Waals surface area contributed by atoms with Gasteiger partial charge in [0.05, 0.1) is 13.7 Å². The molecule has 0 atom stereocenters. The van der Waals surface area contributed by atoms with Crippen molar-refractivity contribution in [2.75, 3.05) is 7.11 Å². The number of carbonyl (C=O) groups is 1. The first-order valence-electron chi connectivity index (χ1n) is 6.00. The number of rotatable bonds is 6. The molecular formula is C13H16N4O2. The summed E-state index contributed by atoms with van der Waals surface area (Å²) < 4.78 is 6.85. The summed E-state index contributed by atoms with van der Waals surface area (Å²) in [5.41, 5.74) is 0.958. The Bertz CT molecular complexity index is 525. The average Bonchev–Trinajstić information content (AvgIpc) is 2.96. The quantitative estimate of drug-likeness (QED) is 0.841. The molecule has 1 aromatic heterocycles. The summed E-state index contributed by atoms with van der Waals surface area (Å²) in [7, 11) is 1.62. The summed E-state index contributed by atoms with van der Waals surface area (Å²) in [6.07, 6.45) is 3.42. The molecular weight excluding hydrogens is 244 g/mol. The lowest BCUT2D eigenvalue weighted by Crippen LogP contribution is -2.24. The standard InChI is InChI=1S/C13H16N4O2/c1-19-12-5-3-2-4-11(12)8-15-13(18)6-7-17-10-14-9-16-17/h2-5,9-10H,6-8H2,1H3,(H,15,18). The number of carbonyl (C=O) groups excluding carboxylic acids is 1. The first kappa shape index (κ1) is 13.1. The molecule has 0 saturated carbocycles. The van der Waals surface area contributed by atoms with Crippen molar-refractivity contribution in [3.63, 3.8) is 0 Å². The molecule has 1 aromatic carbocycles. The van der Waals surface area contributed by atoms with Crippen LogP contribution < -0.4 is 10.1 Å². The van der Waals surface area contributed by atoms with Crippen LogP contribution in [0.5, 0.6) is 5.75 Å². The molecule has 1 N–H and O–H groups in total. The average molecular weight is 260 g/mol. The fourth-order valence-electron chi connectivity index (χ4n) is 1.70. The van der Waals surface area contributed by atoms with Gasteiger partial charge in [-0.05, 0) is 6.07 Å². The van der Waals surface area contributed by atoms with E-state index < -0.39 is 0 Å². The number of nitrogens with zero attached hydrogens (tertiary/aromatic N) is 3. The van der Waals surface area contributed by atoms with E-state index in [0.717, 1.165) is 11.3 Å². The van der Waals surface area contributed by atoms with Crippen molar-refractivity contribution in [1.82, 2.24) is 20.1 Å². The van der Waals surface area contributed by atoms with E-state index in [1.165, 1.54) is 6.33 Å². The van der Waals surface area contributed by atoms with E-state index in [9.17, 15) is 4.79 Å². The van der Waals surface area contributed by atoms with E-state index in [1.807, 2.05) is 24.3 Å². The normalized spacial score (nSPS) is 10.2. The van der Waals surface area contributed by atoms with Gasteiger partial charge in [0.2, 0.25) is 5.91 Å². The van der Waals surface area contributed by atoms with Gasteiger partial charge < -0.3 is 10.1 Å². The van der Waals surface area contributed by atoms with Crippen LogP contribution in [-0.4, -0.2) is 27.8 Å². The summed E-state index contributed by atoms with van der Waals surface area (Å²) in [5, 5.41) is 6.80. The van der Waals surface area contributed by atoms with Crippen molar-refractivity contribution < 1.29 is 9.53 Å². The third kappa shape index (κ3) is 3.80.